The van der Waals surface area contributed by atoms with Gasteiger partial charge in [0.05, 0.1) is 32.0 Å². The number of methoxy groups -OCH3 is 3. The Morgan fingerprint density at radius 3 is 2.36 bits per heavy atom. The summed E-state index contributed by atoms with van der Waals surface area (Å²) in [5.74, 6) is 1.34. The summed E-state index contributed by atoms with van der Waals surface area (Å²) in [6.45, 7) is 1.54. The lowest BCUT2D eigenvalue weighted by molar-refractivity contribution is -0.144. The van der Waals surface area contributed by atoms with Crippen molar-refractivity contribution in [2.45, 2.75) is 12.5 Å². The van der Waals surface area contributed by atoms with E-state index in [1.807, 2.05) is 36.4 Å². The molecule has 2 heterocycles. The number of fused-ring (bicyclic) bond motifs is 1. The van der Waals surface area contributed by atoms with E-state index in [1.54, 1.807) is 44.7 Å². The van der Waals surface area contributed by atoms with Crippen LogP contribution in [0.4, 0.5) is 11.5 Å². The average Bonchev–Trinajstić information content (AvgIpc) is 3.55. The molecule has 1 atom stereocenters. The van der Waals surface area contributed by atoms with Gasteiger partial charge in [0.15, 0.2) is 17.5 Å². The largest absolute Gasteiger partial charge is 0.508 e. The van der Waals surface area contributed by atoms with E-state index in [0.717, 1.165) is 22.2 Å². The molecule has 0 radical (unpaired) electrons. The summed E-state index contributed by atoms with van der Waals surface area (Å²) in [4.78, 5) is 21.6. The number of aromatic hydroxyl groups is 1. The van der Waals surface area contributed by atoms with Gasteiger partial charge in [0, 0.05) is 43.3 Å². The molecule has 2 N–H and O–H groups in total. The van der Waals surface area contributed by atoms with Crippen molar-refractivity contribution in [1.29, 1.82) is 0 Å². The van der Waals surface area contributed by atoms with E-state index >= 15 is 0 Å². The minimum Gasteiger partial charge on any atom is -0.508 e. The van der Waals surface area contributed by atoms with E-state index in [-0.39, 0.29) is 5.75 Å². The van der Waals surface area contributed by atoms with Crippen LogP contribution < -0.4 is 14.8 Å². The van der Waals surface area contributed by atoms with Gasteiger partial charge in [-0.25, -0.2) is 19.4 Å². The summed E-state index contributed by atoms with van der Waals surface area (Å²) in [6, 6.07) is 17.1. The number of ether oxygens (including phenoxy) is 5. The third kappa shape index (κ3) is 7.82. The Bertz CT molecular complexity index is 1730. The van der Waals surface area contributed by atoms with Gasteiger partial charge in [-0.05, 0) is 35.9 Å². The molecular formula is C32H34N6O7. The molecule has 13 heteroatoms. The summed E-state index contributed by atoms with van der Waals surface area (Å²) in [5.41, 5.74) is 3.59. The summed E-state index contributed by atoms with van der Waals surface area (Å²) in [6.07, 6.45) is 3.50. The first kappa shape index (κ1) is 31.2. The number of esters is 1. The van der Waals surface area contributed by atoms with Gasteiger partial charge in [-0.1, -0.05) is 29.5 Å². The standard InChI is InChI=1S/C32H34N6O7/c1-41-11-13-44-29-17-25-26(18-30(29)45-14-12-42-2)33-20-34-31(25)35-23-6-4-5-22(16-23)27-19-38(37-36-27)28(32(40)43-3)15-21-7-9-24(39)10-8-21/h4-10,16-20,28,39H,11-15H2,1-3H3,(H,33,34,35)/t28-/m1/s1. The molecule has 0 aliphatic rings. The van der Waals surface area contributed by atoms with Crippen LogP contribution >= 0.6 is 0 Å². The topological polar surface area (TPSA) is 152 Å². The zero-order valence-corrected chi connectivity index (χ0v) is 25.2. The molecule has 0 amide bonds. The number of nitrogens with zero attached hydrogens (tertiary/aromatic N) is 5. The smallest absolute Gasteiger partial charge is 0.331 e. The lowest BCUT2D eigenvalue weighted by atomic mass is 10.1. The molecule has 234 valence electrons. The molecule has 5 aromatic rings. The Labute approximate surface area is 259 Å². The number of nitrogens with one attached hydrogen (secondary N) is 1. The molecule has 0 bridgehead atoms. The van der Waals surface area contributed by atoms with Crippen molar-refractivity contribution in [2.75, 3.05) is 53.1 Å². The Morgan fingerprint density at radius 1 is 0.911 bits per heavy atom. The third-order valence-electron chi connectivity index (χ3n) is 6.88. The number of phenolic OH excluding ortho intramolecular Hbond substituents is 1. The molecule has 0 aliphatic heterocycles. The number of phenols is 1. The number of hydrogen-bond acceptors (Lipinski definition) is 12. The van der Waals surface area contributed by atoms with Crippen LogP contribution in [0.1, 0.15) is 11.6 Å². The lowest BCUT2D eigenvalue weighted by Gasteiger charge is -2.15. The van der Waals surface area contributed by atoms with Crippen LogP contribution in [0.5, 0.6) is 17.2 Å². The molecule has 13 nitrogen and oxygen atoms in total. The number of aromatic nitrogens is 5. The fourth-order valence-corrected chi connectivity index (χ4v) is 4.59. The van der Waals surface area contributed by atoms with Gasteiger partial charge in [-0.15, -0.1) is 5.10 Å². The second kappa shape index (κ2) is 14.9. The summed E-state index contributed by atoms with van der Waals surface area (Å²) >= 11 is 0. The zero-order valence-electron chi connectivity index (χ0n) is 25.2. The molecule has 45 heavy (non-hydrogen) atoms. The van der Waals surface area contributed by atoms with Gasteiger partial charge >= 0.3 is 5.97 Å². The highest BCUT2D eigenvalue weighted by Crippen LogP contribution is 2.35. The maximum absolute atomic E-state index is 12.7. The number of carbonyl (C=O) groups excluding carboxylic acids is 1. The third-order valence-corrected chi connectivity index (χ3v) is 6.88. The van der Waals surface area contributed by atoms with E-state index in [0.29, 0.717) is 61.4 Å². The van der Waals surface area contributed by atoms with Crippen LogP contribution in [0, 0.1) is 0 Å². The van der Waals surface area contributed by atoms with Crippen molar-refractivity contribution >= 4 is 28.4 Å². The fourth-order valence-electron chi connectivity index (χ4n) is 4.59. The van der Waals surface area contributed by atoms with Crippen LogP contribution in [0.2, 0.25) is 0 Å². The highest BCUT2D eigenvalue weighted by atomic mass is 16.5. The first-order valence-electron chi connectivity index (χ1n) is 14.2. The van der Waals surface area contributed by atoms with Crippen molar-refractivity contribution in [3.63, 3.8) is 0 Å². The van der Waals surface area contributed by atoms with Crippen molar-refractivity contribution in [3.8, 4) is 28.5 Å². The Morgan fingerprint density at radius 2 is 1.64 bits per heavy atom. The van der Waals surface area contributed by atoms with Crippen LogP contribution in [-0.2, 0) is 25.4 Å². The van der Waals surface area contributed by atoms with E-state index in [1.165, 1.54) is 18.1 Å². The second-order valence-electron chi connectivity index (χ2n) is 9.92. The van der Waals surface area contributed by atoms with Crippen molar-refractivity contribution in [1.82, 2.24) is 25.0 Å². The predicted molar refractivity (Wildman–Crippen MR) is 166 cm³/mol. The summed E-state index contributed by atoms with van der Waals surface area (Å²) in [7, 11) is 4.56. The molecule has 5 rings (SSSR count). The minimum absolute atomic E-state index is 0.146. The van der Waals surface area contributed by atoms with Gasteiger partial charge in [0.25, 0.3) is 0 Å². The predicted octanol–water partition coefficient (Wildman–Crippen LogP) is 4.34. The van der Waals surface area contributed by atoms with Crippen LogP contribution in [-0.4, -0.2) is 83.8 Å². The lowest BCUT2D eigenvalue weighted by Crippen LogP contribution is -2.23. The first-order valence-corrected chi connectivity index (χ1v) is 14.2. The van der Waals surface area contributed by atoms with Gasteiger partial charge in [0.2, 0.25) is 0 Å². The SMILES string of the molecule is COCCOc1cc2ncnc(Nc3cccc(-c4cn([C@H](Cc5ccc(O)cc5)C(=O)OC)nn4)c3)c2cc1OCCOC. The van der Waals surface area contributed by atoms with Gasteiger partial charge in [-0.2, -0.15) is 0 Å². The van der Waals surface area contributed by atoms with Crippen LogP contribution in [0.15, 0.2) is 73.2 Å². The number of carbonyl (C=O) groups is 1. The van der Waals surface area contributed by atoms with Crippen LogP contribution in [0.25, 0.3) is 22.2 Å². The van der Waals surface area contributed by atoms with Crippen molar-refractivity contribution < 1.29 is 33.6 Å². The van der Waals surface area contributed by atoms with Gasteiger partial charge in [0.1, 0.15) is 36.8 Å². The number of anilines is 2. The van der Waals surface area contributed by atoms with Crippen molar-refractivity contribution in [2.24, 2.45) is 0 Å². The highest BCUT2D eigenvalue weighted by molar-refractivity contribution is 5.93. The molecule has 2 aromatic heterocycles. The first-order chi connectivity index (χ1) is 22.0. The Balaban J connectivity index is 1.40. The van der Waals surface area contributed by atoms with Gasteiger partial charge in [-0.3, -0.25) is 0 Å². The number of benzene rings is 3. The van der Waals surface area contributed by atoms with E-state index < -0.39 is 12.0 Å². The molecule has 0 saturated carbocycles. The Kier molecular flexibility index (Phi) is 10.4. The maximum atomic E-state index is 12.7. The van der Waals surface area contributed by atoms with Gasteiger partial charge < -0.3 is 34.1 Å². The maximum Gasteiger partial charge on any atom is 0.331 e. The van der Waals surface area contributed by atoms with E-state index in [4.69, 9.17) is 23.7 Å². The molecule has 3 aromatic carbocycles. The second-order valence-corrected chi connectivity index (χ2v) is 9.92. The van der Waals surface area contributed by atoms with Crippen LogP contribution in [0.3, 0.4) is 0 Å². The summed E-state index contributed by atoms with van der Waals surface area (Å²) in [5, 5.41) is 22.3. The quantitative estimate of drug-likeness (QED) is 0.127. The molecule has 0 fully saturated rings. The normalized spacial score (nSPS) is 11.7. The molecule has 0 aliphatic carbocycles. The average molecular weight is 615 g/mol. The zero-order chi connectivity index (χ0) is 31.6. The monoisotopic (exact) mass is 614 g/mol. The Hall–Kier alpha value is -5.27. The minimum atomic E-state index is -0.738. The molecule has 0 unspecified atom stereocenters. The van der Waals surface area contributed by atoms with E-state index in [9.17, 15) is 9.90 Å². The van der Waals surface area contributed by atoms with E-state index in [2.05, 4.69) is 25.6 Å². The summed E-state index contributed by atoms with van der Waals surface area (Å²) < 4.78 is 28.6. The molecule has 0 saturated heterocycles. The molecular weight excluding hydrogens is 580 g/mol. The number of rotatable bonds is 15. The number of hydrogen-bond donors (Lipinski definition) is 2. The van der Waals surface area contributed by atoms with Crippen molar-refractivity contribution in [3.05, 3.63) is 78.8 Å². The fraction of sp³-hybridized carbons (Fsp3) is 0.281. The molecule has 0 spiro atoms. The highest BCUT2D eigenvalue weighted by Gasteiger charge is 2.24.